The number of nitrogens with zero attached hydrogens (tertiary/aromatic N) is 3. The number of amides is 1. The lowest BCUT2D eigenvalue weighted by molar-refractivity contribution is 0.0600. The number of rotatable bonds is 2. The summed E-state index contributed by atoms with van der Waals surface area (Å²) >= 11 is 3.29. The first-order valence-electron chi connectivity index (χ1n) is 9.08. The Labute approximate surface area is 168 Å². The van der Waals surface area contributed by atoms with E-state index in [9.17, 15) is 9.90 Å². The van der Waals surface area contributed by atoms with E-state index in [0.29, 0.717) is 15.7 Å². The molecule has 27 heavy (non-hydrogen) atoms. The summed E-state index contributed by atoms with van der Waals surface area (Å²) in [5, 5.41) is 9.41. The number of halogens is 1. The molecule has 2 saturated heterocycles. The molecule has 3 N–H and O–H groups in total. The molecule has 152 valence electrons. The van der Waals surface area contributed by atoms with Crippen LogP contribution in [0.25, 0.3) is 0 Å². The van der Waals surface area contributed by atoms with E-state index < -0.39 is 11.7 Å². The van der Waals surface area contributed by atoms with Crippen LogP contribution in [0.2, 0.25) is 0 Å². The van der Waals surface area contributed by atoms with Gasteiger partial charge in [0.1, 0.15) is 15.9 Å². The SMILES string of the molecule is CC(C)(C)OC(N)=O.OCc1nc(Br)cnc1N1CCC2(CCOC2)CC1. The Morgan fingerprint density at radius 3 is 2.52 bits per heavy atom. The normalized spacial score (nSPS) is 18.8. The molecule has 3 rings (SSSR count). The molecule has 3 heterocycles. The van der Waals surface area contributed by atoms with Gasteiger partial charge in [-0.05, 0) is 61.4 Å². The molecule has 1 amide bonds. The Morgan fingerprint density at radius 1 is 1.41 bits per heavy atom. The third kappa shape index (κ3) is 6.58. The Bertz CT molecular complexity index is 635. The van der Waals surface area contributed by atoms with E-state index in [4.69, 9.17) is 10.5 Å². The zero-order valence-electron chi connectivity index (χ0n) is 16.2. The topological polar surface area (TPSA) is 111 Å². The summed E-state index contributed by atoms with van der Waals surface area (Å²) < 4.78 is 10.8. The van der Waals surface area contributed by atoms with Gasteiger partial charge in [0, 0.05) is 19.7 Å². The molecule has 1 spiro atoms. The minimum absolute atomic E-state index is 0.0769. The number of anilines is 1. The van der Waals surface area contributed by atoms with Gasteiger partial charge >= 0.3 is 6.09 Å². The minimum Gasteiger partial charge on any atom is -0.444 e. The first-order valence-corrected chi connectivity index (χ1v) is 9.87. The van der Waals surface area contributed by atoms with Crippen LogP contribution < -0.4 is 10.6 Å². The van der Waals surface area contributed by atoms with Crippen LogP contribution in [-0.2, 0) is 16.1 Å². The number of aliphatic hydroxyl groups excluding tert-OH is 1. The van der Waals surface area contributed by atoms with Gasteiger partial charge in [0.2, 0.25) is 0 Å². The van der Waals surface area contributed by atoms with Crippen molar-refractivity contribution in [3.63, 3.8) is 0 Å². The van der Waals surface area contributed by atoms with Gasteiger partial charge in [-0.1, -0.05) is 0 Å². The Hall–Kier alpha value is -1.45. The lowest BCUT2D eigenvalue weighted by atomic mass is 9.78. The van der Waals surface area contributed by atoms with Crippen LogP contribution in [0, 0.1) is 5.41 Å². The van der Waals surface area contributed by atoms with E-state index in [0.717, 1.165) is 45.0 Å². The first kappa shape index (κ1) is 21.8. The lowest BCUT2D eigenvalue weighted by Gasteiger charge is -2.39. The van der Waals surface area contributed by atoms with Crippen molar-refractivity contribution in [2.24, 2.45) is 11.1 Å². The van der Waals surface area contributed by atoms with Crippen molar-refractivity contribution in [2.45, 2.75) is 52.2 Å². The zero-order chi connectivity index (χ0) is 20.1. The number of hydrogen-bond acceptors (Lipinski definition) is 7. The van der Waals surface area contributed by atoms with Gasteiger partial charge < -0.3 is 25.2 Å². The maximum atomic E-state index is 10.0. The molecule has 2 fully saturated rings. The number of nitrogens with two attached hydrogens (primary N) is 1. The van der Waals surface area contributed by atoms with Crippen molar-refractivity contribution >= 4 is 27.8 Å². The fraction of sp³-hybridized carbons (Fsp3) is 0.722. The second-order valence-corrected chi connectivity index (χ2v) is 8.76. The number of aliphatic hydroxyl groups is 1. The molecule has 0 atom stereocenters. The van der Waals surface area contributed by atoms with Crippen LogP contribution in [0.3, 0.4) is 0 Å². The van der Waals surface area contributed by atoms with E-state index in [1.807, 2.05) is 0 Å². The Morgan fingerprint density at radius 2 is 2.07 bits per heavy atom. The molecule has 0 bridgehead atoms. The maximum absolute atomic E-state index is 10.0. The summed E-state index contributed by atoms with van der Waals surface area (Å²) in [5.74, 6) is 0.819. The lowest BCUT2D eigenvalue weighted by Crippen LogP contribution is -2.41. The van der Waals surface area contributed by atoms with E-state index >= 15 is 0 Å². The van der Waals surface area contributed by atoms with Gasteiger partial charge in [-0.3, -0.25) is 0 Å². The van der Waals surface area contributed by atoms with Crippen LogP contribution in [0.1, 0.15) is 45.7 Å². The minimum atomic E-state index is -0.725. The van der Waals surface area contributed by atoms with Gasteiger partial charge in [0.05, 0.1) is 19.4 Å². The highest BCUT2D eigenvalue weighted by molar-refractivity contribution is 9.10. The number of ether oxygens (including phenoxy) is 2. The highest BCUT2D eigenvalue weighted by atomic mass is 79.9. The van der Waals surface area contributed by atoms with Crippen molar-refractivity contribution in [3.05, 3.63) is 16.5 Å². The third-order valence-electron chi connectivity index (χ3n) is 4.66. The first-order chi connectivity index (χ1) is 12.6. The summed E-state index contributed by atoms with van der Waals surface area (Å²) in [6, 6.07) is 0. The largest absolute Gasteiger partial charge is 0.444 e. The summed E-state index contributed by atoms with van der Waals surface area (Å²) in [5.41, 5.74) is 5.30. The van der Waals surface area contributed by atoms with Crippen LogP contribution in [0.5, 0.6) is 0 Å². The Kier molecular flexibility index (Phi) is 7.41. The molecule has 0 saturated carbocycles. The molecule has 8 nitrogen and oxygen atoms in total. The van der Waals surface area contributed by atoms with Gasteiger partial charge in [-0.15, -0.1) is 0 Å². The second-order valence-electron chi connectivity index (χ2n) is 7.94. The molecule has 9 heteroatoms. The van der Waals surface area contributed by atoms with Crippen LogP contribution in [-0.4, -0.2) is 53.1 Å². The molecule has 0 aromatic carbocycles. The van der Waals surface area contributed by atoms with E-state index in [2.05, 4.69) is 35.5 Å². The van der Waals surface area contributed by atoms with Crippen molar-refractivity contribution in [3.8, 4) is 0 Å². The number of piperidine rings is 1. The monoisotopic (exact) mass is 444 g/mol. The van der Waals surface area contributed by atoms with E-state index in [1.165, 1.54) is 6.42 Å². The van der Waals surface area contributed by atoms with Gasteiger partial charge in [-0.2, -0.15) is 0 Å². The number of aromatic nitrogens is 2. The molecule has 2 aliphatic heterocycles. The number of hydrogen-bond donors (Lipinski definition) is 2. The molecule has 0 aliphatic carbocycles. The maximum Gasteiger partial charge on any atom is 0.405 e. The van der Waals surface area contributed by atoms with Gasteiger partial charge in [0.15, 0.2) is 5.82 Å². The quantitative estimate of drug-likeness (QED) is 0.720. The molecule has 2 aliphatic rings. The summed E-state index contributed by atoms with van der Waals surface area (Å²) in [4.78, 5) is 21.0. The second kappa shape index (κ2) is 9.16. The van der Waals surface area contributed by atoms with Crippen LogP contribution in [0.4, 0.5) is 10.6 Å². The molecule has 1 aromatic rings. The summed E-state index contributed by atoms with van der Waals surface area (Å²) in [6.45, 7) is 8.94. The summed E-state index contributed by atoms with van der Waals surface area (Å²) in [6.07, 6.45) is 4.42. The molecule has 0 radical (unpaired) electrons. The number of carbonyl (C=O) groups is 1. The molecule has 1 aromatic heterocycles. The van der Waals surface area contributed by atoms with E-state index in [-0.39, 0.29) is 6.61 Å². The van der Waals surface area contributed by atoms with Crippen molar-refractivity contribution < 1.29 is 19.4 Å². The van der Waals surface area contributed by atoms with Crippen LogP contribution >= 0.6 is 15.9 Å². The standard InChI is InChI=1S/C13H18BrN3O2.C5H11NO2/c14-11-7-15-12(10(8-18)16-11)17-4-1-13(2-5-17)3-6-19-9-13;1-5(2,3)8-4(6)7/h7,18H,1-6,8-9H2;1-3H3,(H2,6,7). The van der Waals surface area contributed by atoms with Gasteiger partial charge in [-0.25, -0.2) is 14.8 Å². The third-order valence-corrected chi connectivity index (χ3v) is 5.04. The fourth-order valence-electron chi connectivity index (χ4n) is 3.31. The summed E-state index contributed by atoms with van der Waals surface area (Å²) in [7, 11) is 0. The average molecular weight is 445 g/mol. The predicted octanol–water partition coefficient (Wildman–Crippen LogP) is 2.62. The van der Waals surface area contributed by atoms with Crippen molar-refractivity contribution in [2.75, 3.05) is 31.2 Å². The fourth-order valence-corrected chi connectivity index (χ4v) is 3.62. The Balaban J connectivity index is 0.000000279. The molecular formula is C18H29BrN4O4. The zero-order valence-corrected chi connectivity index (χ0v) is 17.8. The predicted molar refractivity (Wildman–Crippen MR) is 105 cm³/mol. The highest BCUT2D eigenvalue weighted by Gasteiger charge is 2.38. The van der Waals surface area contributed by atoms with Crippen molar-refractivity contribution in [1.82, 2.24) is 9.97 Å². The van der Waals surface area contributed by atoms with Crippen molar-refractivity contribution in [1.29, 1.82) is 0 Å². The number of primary amides is 1. The smallest absolute Gasteiger partial charge is 0.405 e. The van der Waals surface area contributed by atoms with Gasteiger partial charge in [0.25, 0.3) is 0 Å². The number of carbonyl (C=O) groups excluding carboxylic acids is 1. The highest BCUT2D eigenvalue weighted by Crippen LogP contribution is 2.40. The van der Waals surface area contributed by atoms with E-state index in [1.54, 1.807) is 27.0 Å². The van der Waals surface area contributed by atoms with Crippen LogP contribution in [0.15, 0.2) is 10.8 Å². The molecular weight excluding hydrogens is 416 g/mol. The molecule has 0 unspecified atom stereocenters. The average Bonchev–Trinajstić information content (AvgIpc) is 3.02.